The summed E-state index contributed by atoms with van der Waals surface area (Å²) in [4.78, 5) is 12.9. The normalized spacial score (nSPS) is 19.5. The second kappa shape index (κ2) is 6.58. The Morgan fingerprint density at radius 1 is 1.38 bits per heavy atom. The van der Waals surface area contributed by atoms with E-state index in [1.807, 2.05) is 19.9 Å². The monoisotopic (exact) mass is 351 g/mol. The first kappa shape index (κ1) is 17.0. The molecule has 0 saturated carbocycles. The molecule has 0 radical (unpaired) electrons. The van der Waals surface area contributed by atoms with Gasteiger partial charge in [-0.3, -0.25) is 0 Å². The average Bonchev–Trinajstić information content (AvgIpc) is 2.51. The van der Waals surface area contributed by atoms with Crippen LogP contribution in [-0.4, -0.2) is 66.3 Å². The van der Waals surface area contributed by atoms with E-state index in [0.29, 0.717) is 37.7 Å². The summed E-state index contributed by atoms with van der Waals surface area (Å²) >= 11 is 0. The van der Waals surface area contributed by atoms with E-state index >= 15 is 0 Å². The number of rotatable bonds is 4. The number of aryl methyl sites for hydroxylation is 2. The van der Waals surface area contributed by atoms with Gasteiger partial charge in [-0.1, -0.05) is 0 Å². The van der Waals surface area contributed by atoms with Gasteiger partial charge in [-0.2, -0.15) is 4.31 Å². The number of ether oxygens (including phenoxy) is 1. The fourth-order valence-corrected chi connectivity index (χ4v) is 3.71. The molecule has 0 aromatic carbocycles. The van der Waals surface area contributed by atoms with Gasteiger partial charge in [0.15, 0.2) is 5.65 Å². The molecular weight excluding hydrogens is 330 g/mol. The minimum atomic E-state index is -3.20. The quantitative estimate of drug-likeness (QED) is 0.866. The van der Waals surface area contributed by atoms with Crippen LogP contribution in [0.1, 0.15) is 11.3 Å². The fraction of sp³-hybridized carbons (Fsp3) is 0.533. The van der Waals surface area contributed by atoms with Gasteiger partial charge in [-0.25, -0.2) is 23.4 Å². The Balaban J connectivity index is 1.77. The predicted molar refractivity (Wildman–Crippen MR) is 91.5 cm³/mol. The van der Waals surface area contributed by atoms with Crippen molar-refractivity contribution in [2.45, 2.75) is 20.0 Å². The zero-order chi connectivity index (χ0) is 17.3. The molecule has 3 rings (SSSR count). The highest BCUT2D eigenvalue weighted by Crippen LogP contribution is 2.22. The highest BCUT2D eigenvalue weighted by molar-refractivity contribution is 7.88. The van der Waals surface area contributed by atoms with Crippen LogP contribution < -0.4 is 5.32 Å². The van der Waals surface area contributed by atoms with Crippen LogP contribution in [0.15, 0.2) is 12.4 Å². The van der Waals surface area contributed by atoms with Crippen molar-refractivity contribution in [3.63, 3.8) is 0 Å². The number of fused-ring (bicyclic) bond motifs is 1. The van der Waals surface area contributed by atoms with Crippen molar-refractivity contribution in [1.82, 2.24) is 19.3 Å². The van der Waals surface area contributed by atoms with E-state index < -0.39 is 10.0 Å². The molecule has 1 aliphatic rings. The van der Waals surface area contributed by atoms with Gasteiger partial charge in [0, 0.05) is 25.3 Å². The predicted octanol–water partition coefficient (Wildman–Crippen LogP) is 0.714. The minimum Gasteiger partial charge on any atom is -0.374 e. The largest absolute Gasteiger partial charge is 0.374 e. The number of hydrogen-bond acceptors (Lipinski definition) is 7. The number of hydrogen-bond donors (Lipinski definition) is 1. The summed E-state index contributed by atoms with van der Waals surface area (Å²) in [5, 5.41) is 4.13. The Morgan fingerprint density at radius 2 is 2.17 bits per heavy atom. The lowest BCUT2D eigenvalue weighted by atomic mass is 10.1. The second-order valence-corrected chi connectivity index (χ2v) is 7.98. The lowest BCUT2D eigenvalue weighted by Gasteiger charge is -2.31. The van der Waals surface area contributed by atoms with E-state index in [0.717, 1.165) is 16.6 Å². The lowest BCUT2D eigenvalue weighted by Crippen LogP contribution is -2.47. The van der Waals surface area contributed by atoms with Gasteiger partial charge in [0.25, 0.3) is 0 Å². The van der Waals surface area contributed by atoms with Crippen LogP contribution in [0.3, 0.4) is 0 Å². The first-order valence-corrected chi connectivity index (χ1v) is 9.59. The van der Waals surface area contributed by atoms with Gasteiger partial charge in [-0.05, 0) is 25.5 Å². The first-order valence-electron chi connectivity index (χ1n) is 7.74. The van der Waals surface area contributed by atoms with Crippen LogP contribution >= 0.6 is 0 Å². The lowest BCUT2D eigenvalue weighted by molar-refractivity contribution is 0.00702. The third-order valence-corrected chi connectivity index (χ3v) is 5.27. The maximum absolute atomic E-state index is 11.7. The number of nitrogens with zero attached hydrogens (tertiary/aromatic N) is 4. The summed E-state index contributed by atoms with van der Waals surface area (Å²) in [5.41, 5.74) is 2.60. The Morgan fingerprint density at radius 3 is 2.92 bits per heavy atom. The van der Waals surface area contributed by atoms with E-state index in [-0.39, 0.29) is 6.10 Å². The van der Waals surface area contributed by atoms with Crippen LogP contribution in [0.2, 0.25) is 0 Å². The number of morpholine rings is 1. The molecule has 1 atom stereocenters. The van der Waals surface area contributed by atoms with Crippen molar-refractivity contribution in [1.29, 1.82) is 0 Å². The molecule has 3 heterocycles. The van der Waals surface area contributed by atoms with Gasteiger partial charge in [0.2, 0.25) is 10.0 Å². The Labute approximate surface area is 141 Å². The van der Waals surface area contributed by atoms with E-state index in [1.165, 1.54) is 16.9 Å². The van der Waals surface area contributed by atoms with Crippen molar-refractivity contribution in [3.8, 4) is 0 Å². The summed E-state index contributed by atoms with van der Waals surface area (Å²) < 4.78 is 30.5. The third kappa shape index (κ3) is 3.63. The zero-order valence-corrected chi connectivity index (χ0v) is 14.8. The molecule has 130 valence electrons. The van der Waals surface area contributed by atoms with Gasteiger partial charge in [0.1, 0.15) is 12.1 Å². The van der Waals surface area contributed by atoms with E-state index in [4.69, 9.17) is 4.74 Å². The fourth-order valence-electron chi connectivity index (χ4n) is 2.87. The molecule has 1 fully saturated rings. The molecule has 0 amide bonds. The molecule has 2 aromatic rings. The number of sulfonamides is 1. The zero-order valence-electron chi connectivity index (χ0n) is 14.0. The molecule has 0 unspecified atom stereocenters. The molecule has 9 heteroatoms. The van der Waals surface area contributed by atoms with Crippen molar-refractivity contribution in [2.75, 3.05) is 37.8 Å². The van der Waals surface area contributed by atoms with Crippen molar-refractivity contribution in [2.24, 2.45) is 0 Å². The summed E-state index contributed by atoms with van der Waals surface area (Å²) in [7, 11) is -3.20. The van der Waals surface area contributed by atoms with Gasteiger partial charge < -0.3 is 10.1 Å². The second-order valence-electron chi connectivity index (χ2n) is 6.00. The Bertz CT molecular complexity index is 856. The maximum Gasteiger partial charge on any atom is 0.211 e. The topological polar surface area (TPSA) is 97.3 Å². The third-order valence-electron chi connectivity index (χ3n) is 4.00. The molecule has 1 N–H and O–H groups in total. The van der Waals surface area contributed by atoms with E-state index in [1.54, 1.807) is 0 Å². The molecular formula is C15H21N5O3S. The number of pyridine rings is 1. The van der Waals surface area contributed by atoms with Crippen molar-refractivity contribution >= 4 is 26.9 Å². The Hall–Kier alpha value is -1.84. The molecule has 0 aliphatic carbocycles. The summed E-state index contributed by atoms with van der Waals surface area (Å²) in [6.45, 7) is 5.51. The average molecular weight is 351 g/mol. The highest BCUT2D eigenvalue weighted by Gasteiger charge is 2.26. The SMILES string of the molecule is Cc1cc(C)c2c(NC[C@H]3CN(S(C)(=O)=O)CCO3)ncnc2n1. The molecule has 1 aliphatic heterocycles. The molecule has 0 bridgehead atoms. The van der Waals surface area contributed by atoms with Crippen LogP contribution in [0.25, 0.3) is 11.0 Å². The van der Waals surface area contributed by atoms with Crippen LogP contribution in [0, 0.1) is 13.8 Å². The van der Waals surface area contributed by atoms with Crippen molar-refractivity contribution < 1.29 is 13.2 Å². The standard InChI is InChI=1S/C15H21N5O3S/c1-10-6-11(2)19-15-13(10)14(17-9-18-15)16-7-12-8-20(4-5-23-12)24(3,21)22/h6,9,12H,4-5,7-8H2,1-3H3,(H,16,17,18,19)/t12-/m0/s1. The van der Waals surface area contributed by atoms with Gasteiger partial charge in [0.05, 0.1) is 24.4 Å². The minimum absolute atomic E-state index is 0.225. The molecule has 0 spiro atoms. The summed E-state index contributed by atoms with van der Waals surface area (Å²) in [6.07, 6.45) is 2.47. The molecule has 8 nitrogen and oxygen atoms in total. The molecule has 1 saturated heterocycles. The van der Waals surface area contributed by atoms with E-state index in [9.17, 15) is 8.42 Å². The Kier molecular flexibility index (Phi) is 4.66. The van der Waals surface area contributed by atoms with Crippen LogP contribution in [-0.2, 0) is 14.8 Å². The van der Waals surface area contributed by atoms with Crippen LogP contribution in [0.5, 0.6) is 0 Å². The summed E-state index contributed by atoms with van der Waals surface area (Å²) in [6, 6.07) is 1.99. The van der Waals surface area contributed by atoms with E-state index in [2.05, 4.69) is 20.3 Å². The number of aromatic nitrogens is 3. The van der Waals surface area contributed by atoms with Crippen molar-refractivity contribution in [3.05, 3.63) is 23.7 Å². The smallest absolute Gasteiger partial charge is 0.211 e. The highest BCUT2D eigenvalue weighted by atomic mass is 32.2. The van der Waals surface area contributed by atoms with Crippen LogP contribution in [0.4, 0.5) is 5.82 Å². The molecule has 24 heavy (non-hydrogen) atoms. The number of nitrogens with one attached hydrogen (secondary N) is 1. The number of anilines is 1. The van der Waals surface area contributed by atoms with Gasteiger partial charge in [-0.15, -0.1) is 0 Å². The van der Waals surface area contributed by atoms with Gasteiger partial charge >= 0.3 is 0 Å². The molecule has 2 aromatic heterocycles. The maximum atomic E-state index is 11.7. The first-order chi connectivity index (χ1) is 11.3. The summed E-state index contributed by atoms with van der Waals surface area (Å²) in [5.74, 6) is 0.685.